The number of hydrogen-bond donors (Lipinski definition) is 2. The first-order chi connectivity index (χ1) is 11.0. The Morgan fingerprint density at radius 1 is 1.30 bits per heavy atom. The molecular weight excluding hydrogens is 337 g/mol. The third-order valence-corrected chi connectivity index (χ3v) is 3.82. The summed E-state index contributed by atoms with van der Waals surface area (Å²) in [6.45, 7) is 1.99. The van der Waals surface area contributed by atoms with E-state index >= 15 is 0 Å². The normalized spacial score (nSPS) is 11.3. The Bertz CT molecular complexity index is 968. The average molecular weight is 348 g/mol. The number of benzene rings is 1. The van der Waals surface area contributed by atoms with Crippen LogP contribution in [0.25, 0.3) is 10.9 Å². The van der Waals surface area contributed by atoms with E-state index in [1.165, 1.54) is 12.4 Å². The Morgan fingerprint density at radius 3 is 2.96 bits per heavy atom. The van der Waals surface area contributed by atoms with E-state index in [1.54, 1.807) is 0 Å². The molecule has 23 heavy (non-hydrogen) atoms. The van der Waals surface area contributed by atoms with Crippen molar-refractivity contribution in [3.63, 3.8) is 0 Å². The van der Waals surface area contributed by atoms with Gasteiger partial charge in [-0.3, -0.25) is 10.2 Å². The van der Waals surface area contributed by atoms with Crippen LogP contribution in [0.5, 0.6) is 0 Å². The lowest BCUT2D eigenvalue weighted by atomic mass is 10.1. The van der Waals surface area contributed by atoms with Crippen LogP contribution < -0.4 is 11.0 Å². The first-order valence-corrected chi connectivity index (χ1v) is 7.39. The van der Waals surface area contributed by atoms with Gasteiger partial charge in [0.15, 0.2) is 0 Å². The van der Waals surface area contributed by atoms with Crippen molar-refractivity contribution in [1.82, 2.24) is 15.2 Å². The van der Waals surface area contributed by atoms with Gasteiger partial charge in [-0.05, 0) is 24.6 Å². The van der Waals surface area contributed by atoms with Crippen LogP contribution in [0.1, 0.15) is 11.1 Å². The fourth-order valence-electron chi connectivity index (χ4n) is 1.99. The minimum absolute atomic E-state index is 0.0182. The smallest absolute Gasteiger partial charge is 0.275 e. The van der Waals surface area contributed by atoms with Crippen LogP contribution in [0, 0.1) is 6.92 Å². The molecule has 3 rings (SSSR count). The maximum Gasteiger partial charge on any atom is 0.285 e. The average Bonchev–Trinajstić information content (AvgIpc) is 2.52. The standard InChI is InChI=1S/C15H11Cl2N5O/c1-8-2-3-9-5-10(14(17)20-11(9)4-8)6-18-21-12-7-19-22-15(23)13(12)16/h2-7H,1H3,(H2,21,22,23). The number of H-pyrrole nitrogens is 1. The van der Waals surface area contributed by atoms with Crippen molar-refractivity contribution in [2.75, 3.05) is 5.43 Å². The van der Waals surface area contributed by atoms with Gasteiger partial charge in [0.1, 0.15) is 15.9 Å². The number of pyridine rings is 1. The Morgan fingerprint density at radius 2 is 2.13 bits per heavy atom. The second kappa shape index (κ2) is 6.36. The minimum Gasteiger partial charge on any atom is -0.275 e. The van der Waals surface area contributed by atoms with E-state index in [1.807, 2.05) is 31.2 Å². The second-order valence-corrected chi connectivity index (χ2v) is 5.60. The van der Waals surface area contributed by atoms with E-state index in [9.17, 15) is 4.79 Å². The number of nitrogens with zero attached hydrogens (tertiary/aromatic N) is 3. The van der Waals surface area contributed by atoms with Gasteiger partial charge in [0.2, 0.25) is 0 Å². The topological polar surface area (TPSA) is 83.0 Å². The summed E-state index contributed by atoms with van der Waals surface area (Å²) in [6.07, 6.45) is 2.87. The predicted molar refractivity (Wildman–Crippen MR) is 92.6 cm³/mol. The summed E-state index contributed by atoms with van der Waals surface area (Å²) >= 11 is 12.0. The molecule has 0 fully saturated rings. The maximum absolute atomic E-state index is 11.3. The van der Waals surface area contributed by atoms with Gasteiger partial charge in [-0.15, -0.1) is 0 Å². The lowest BCUT2D eigenvalue weighted by Gasteiger charge is -2.04. The lowest BCUT2D eigenvalue weighted by molar-refractivity contribution is 0.987. The summed E-state index contributed by atoms with van der Waals surface area (Å²) in [5, 5.41) is 11.2. The van der Waals surface area contributed by atoms with Crippen molar-refractivity contribution in [3.8, 4) is 0 Å². The highest BCUT2D eigenvalue weighted by atomic mass is 35.5. The molecule has 1 aromatic carbocycles. The number of hydrogen-bond acceptors (Lipinski definition) is 5. The summed E-state index contributed by atoms with van der Waals surface area (Å²) in [5.74, 6) is 0. The van der Waals surface area contributed by atoms with E-state index < -0.39 is 5.56 Å². The number of anilines is 1. The lowest BCUT2D eigenvalue weighted by Crippen LogP contribution is -2.10. The van der Waals surface area contributed by atoms with Gasteiger partial charge in [0.05, 0.1) is 17.9 Å². The molecule has 116 valence electrons. The van der Waals surface area contributed by atoms with Gasteiger partial charge in [-0.1, -0.05) is 35.3 Å². The maximum atomic E-state index is 11.3. The van der Waals surface area contributed by atoms with Gasteiger partial charge in [-0.25, -0.2) is 10.1 Å². The van der Waals surface area contributed by atoms with Crippen molar-refractivity contribution in [1.29, 1.82) is 0 Å². The van der Waals surface area contributed by atoms with Crippen LogP contribution in [0.4, 0.5) is 5.69 Å². The van der Waals surface area contributed by atoms with Gasteiger partial charge >= 0.3 is 0 Å². The Kier molecular flexibility index (Phi) is 4.27. The van der Waals surface area contributed by atoms with Crippen LogP contribution in [0.3, 0.4) is 0 Å². The Balaban J connectivity index is 1.89. The van der Waals surface area contributed by atoms with E-state index in [0.29, 0.717) is 16.4 Å². The molecule has 0 saturated heterocycles. The summed E-state index contributed by atoms with van der Waals surface area (Å²) in [6, 6.07) is 7.81. The van der Waals surface area contributed by atoms with Crippen molar-refractivity contribution in [2.45, 2.75) is 6.92 Å². The number of fused-ring (bicyclic) bond motifs is 1. The Labute approximate surface area is 141 Å². The molecular formula is C15H11Cl2N5O. The molecule has 2 aromatic heterocycles. The quantitative estimate of drug-likeness (QED) is 0.432. The fourth-order valence-corrected chi connectivity index (χ4v) is 2.32. The molecule has 0 atom stereocenters. The molecule has 3 aromatic rings. The molecule has 0 unspecified atom stereocenters. The van der Waals surface area contributed by atoms with E-state index in [-0.39, 0.29) is 5.02 Å². The molecule has 0 saturated carbocycles. The van der Waals surface area contributed by atoms with Crippen molar-refractivity contribution in [2.24, 2.45) is 5.10 Å². The minimum atomic E-state index is -0.493. The number of nitrogens with one attached hydrogen (secondary N) is 2. The van der Waals surface area contributed by atoms with Crippen molar-refractivity contribution in [3.05, 3.63) is 62.1 Å². The summed E-state index contributed by atoms with van der Waals surface area (Å²) in [5.41, 5.74) is 5.04. The number of rotatable bonds is 3. The molecule has 0 aliphatic rings. The monoisotopic (exact) mass is 347 g/mol. The molecule has 0 aliphatic carbocycles. The van der Waals surface area contributed by atoms with Crippen molar-refractivity contribution < 1.29 is 0 Å². The second-order valence-electron chi connectivity index (χ2n) is 4.86. The highest BCUT2D eigenvalue weighted by molar-refractivity contribution is 6.33. The van der Waals surface area contributed by atoms with Crippen LogP contribution in [0.2, 0.25) is 10.2 Å². The van der Waals surface area contributed by atoms with Gasteiger partial charge in [0, 0.05) is 10.9 Å². The van der Waals surface area contributed by atoms with Crippen LogP contribution in [0.15, 0.2) is 40.4 Å². The van der Waals surface area contributed by atoms with Crippen molar-refractivity contribution >= 4 is 46.0 Å². The van der Waals surface area contributed by atoms with E-state index in [4.69, 9.17) is 23.2 Å². The third-order valence-electron chi connectivity index (χ3n) is 3.14. The SMILES string of the molecule is Cc1ccc2cc(C=NNc3cn[nH]c(=O)c3Cl)c(Cl)nc2c1. The number of aromatic nitrogens is 3. The van der Waals surface area contributed by atoms with E-state index in [2.05, 4.69) is 25.7 Å². The number of halogens is 2. The van der Waals surface area contributed by atoms with Crippen LogP contribution >= 0.6 is 23.2 Å². The number of aromatic amines is 1. The van der Waals surface area contributed by atoms with Gasteiger partial charge in [0.25, 0.3) is 5.56 Å². The van der Waals surface area contributed by atoms with Crippen LogP contribution in [-0.4, -0.2) is 21.4 Å². The molecule has 6 nitrogen and oxygen atoms in total. The molecule has 0 spiro atoms. The predicted octanol–water partition coefficient (Wildman–Crippen LogP) is 3.38. The molecule has 8 heteroatoms. The Hall–Kier alpha value is -2.44. The molecule has 0 amide bonds. The zero-order chi connectivity index (χ0) is 16.4. The molecule has 2 heterocycles. The first kappa shape index (κ1) is 15.5. The molecule has 0 bridgehead atoms. The highest BCUT2D eigenvalue weighted by Crippen LogP contribution is 2.20. The third kappa shape index (κ3) is 3.33. The molecule has 2 N–H and O–H groups in total. The zero-order valence-corrected chi connectivity index (χ0v) is 13.5. The van der Waals surface area contributed by atoms with E-state index in [0.717, 1.165) is 16.5 Å². The number of aryl methyl sites for hydroxylation is 1. The zero-order valence-electron chi connectivity index (χ0n) is 12.0. The molecule has 0 radical (unpaired) electrons. The highest BCUT2D eigenvalue weighted by Gasteiger charge is 2.05. The molecule has 0 aliphatic heterocycles. The van der Waals surface area contributed by atoms with Gasteiger partial charge in [-0.2, -0.15) is 10.2 Å². The largest absolute Gasteiger partial charge is 0.285 e. The first-order valence-electron chi connectivity index (χ1n) is 6.64. The summed E-state index contributed by atoms with van der Waals surface area (Å²) in [7, 11) is 0. The van der Waals surface area contributed by atoms with Crippen LogP contribution in [-0.2, 0) is 0 Å². The van der Waals surface area contributed by atoms with Gasteiger partial charge < -0.3 is 0 Å². The summed E-state index contributed by atoms with van der Waals surface area (Å²) in [4.78, 5) is 15.7. The fraction of sp³-hybridized carbons (Fsp3) is 0.0667. The summed E-state index contributed by atoms with van der Waals surface area (Å²) < 4.78 is 0. The number of hydrazone groups is 1.